The van der Waals surface area contributed by atoms with Gasteiger partial charge in [-0.15, -0.1) is 0 Å². The van der Waals surface area contributed by atoms with Crippen molar-refractivity contribution in [3.8, 4) is 11.8 Å². The zero-order valence-electron chi connectivity index (χ0n) is 18.6. The van der Waals surface area contributed by atoms with Gasteiger partial charge in [-0.1, -0.05) is 56.1 Å². The quantitative estimate of drug-likeness (QED) is 0.388. The topological polar surface area (TPSA) is 26.3 Å². The molecule has 0 spiro atoms. The third-order valence-corrected chi connectivity index (χ3v) is 9.14. The number of hydrogen-bond acceptors (Lipinski definition) is 2. The van der Waals surface area contributed by atoms with E-state index in [1.54, 1.807) is 6.92 Å². The average molecular weight is 403 g/mol. The number of esters is 1. The summed E-state index contributed by atoms with van der Waals surface area (Å²) < 4.78 is 5.79. The number of ether oxygens (including phenoxy) is 1. The molecule has 0 radical (unpaired) electrons. The van der Waals surface area contributed by atoms with Gasteiger partial charge in [0.15, 0.2) is 0 Å². The molecular formula is C28H34O2. The van der Waals surface area contributed by atoms with Gasteiger partial charge in [-0.25, -0.2) is 0 Å². The summed E-state index contributed by atoms with van der Waals surface area (Å²) in [4.78, 5) is 11.6. The summed E-state index contributed by atoms with van der Waals surface area (Å²) in [7, 11) is 0. The average Bonchev–Trinajstić information content (AvgIpc) is 3.34. The van der Waals surface area contributed by atoms with Crippen LogP contribution < -0.4 is 0 Å². The van der Waals surface area contributed by atoms with E-state index in [1.807, 2.05) is 0 Å². The smallest absolute Gasteiger partial charge is 0.302 e. The summed E-state index contributed by atoms with van der Waals surface area (Å²) in [5.74, 6) is 9.21. The molecule has 5 aliphatic carbocycles. The second kappa shape index (κ2) is 7.30. The number of rotatable bonds is 1. The first-order valence-corrected chi connectivity index (χ1v) is 11.8. The minimum Gasteiger partial charge on any atom is -0.462 e. The number of carbonyl (C=O) groups excluding carboxylic acids is 1. The third kappa shape index (κ3) is 3.13. The first-order valence-electron chi connectivity index (χ1n) is 11.8. The number of allylic oxidation sites excluding steroid dienone is 8. The first-order chi connectivity index (χ1) is 14.4. The van der Waals surface area contributed by atoms with Crippen molar-refractivity contribution in [2.24, 2.45) is 34.5 Å². The van der Waals surface area contributed by atoms with Gasteiger partial charge in [0.25, 0.3) is 0 Å². The maximum absolute atomic E-state index is 11.6. The van der Waals surface area contributed by atoms with Gasteiger partial charge in [-0.3, -0.25) is 4.79 Å². The van der Waals surface area contributed by atoms with Gasteiger partial charge in [0.2, 0.25) is 0 Å². The lowest BCUT2D eigenvalue weighted by Crippen LogP contribution is -2.50. The van der Waals surface area contributed by atoms with Crippen LogP contribution in [0.1, 0.15) is 65.7 Å². The fraction of sp³-hybridized carbons (Fsp3) is 0.607. The standard InChI is InChI=1S/C28H34O2/c1-19(29)30-26-13-12-24-23-11-10-22-18-21(9-8-20-6-4-5-7-20)14-16-27(22,2)25(23)15-17-28(24,26)3/h4-7,10,18,20,23-26H,11-17H2,1-3H3/t23-,24-,25-,26-,27-,28-/m0/s1. The highest BCUT2D eigenvalue weighted by molar-refractivity contribution is 5.66. The molecule has 0 N–H and O–H groups in total. The molecule has 6 atom stereocenters. The van der Waals surface area contributed by atoms with E-state index in [9.17, 15) is 4.79 Å². The zero-order chi connectivity index (χ0) is 20.9. The Hall–Kier alpha value is -2.01. The van der Waals surface area contributed by atoms with Crippen LogP contribution in [0.15, 0.2) is 47.6 Å². The third-order valence-electron chi connectivity index (χ3n) is 9.14. The van der Waals surface area contributed by atoms with E-state index < -0.39 is 0 Å². The van der Waals surface area contributed by atoms with Gasteiger partial charge in [0.05, 0.1) is 5.92 Å². The van der Waals surface area contributed by atoms with Crippen LogP contribution in [0.4, 0.5) is 0 Å². The van der Waals surface area contributed by atoms with E-state index >= 15 is 0 Å². The van der Waals surface area contributed by atoms with E-state index in [-0.39, 0.29) is 28.8 Å². The minimum atomic E-state index is -0.114. The Morgan fingerprint density at radius 1 is 1.10 bits per heavy atom. The largest absolute Gasteiger partial charge is 0.462 e. The van der Waals surface area contributed by atoms with E-state index in [4.69, 9.17) is 4.74 Å². The van der Waals surface area contributed by atoms with Crippen molar-refractivity contribution in [2.45, 2.75) is 71.8 Å². The molecule has 0 amide bonds. The summed E-state index contributed by atoms with van der Waals surface area (Å²) in [6.07, 6.45) is 21.7. The Morgan fingerprint density at radius 3 is 2.67 bits per heavy atom. The predicted molar refractivity (Wildman–Crippen MR) is 120 cm³/mol. The van der Waals surface area contributed by atoms with Crippen LogP contribution in [-0.4, -0.2) is 12.1 Å². The molecule has 0 heterocycles. The maximum atomic E-state index is 11.6. The molecule has 0 aromatic rings. The van der Waals surface area contributed by atoms with Crippen LogP contribution in [0.2, 0.25) is 0 Å². The summed E-state index contributed by atoms with van der Waals surface area (Å²) >= 11 is 0. The molecule has 2 heteroatoms. The van der Waals surface area contributed by atoms with Gasteiger partial charge in [-0.2, -0.15) is 0 Å². The molecule has 2 nitrogen and oxygen atoms in total. The minimum absolute atomic E-state index is 0.114. The van der Waals surface area contributed by atoms with Crippen molar-refractivity contribution >= 4 is 5.97 Å². The highest BCUT2D eigenvalue weighted by Gasteiger charge is 2.59. The van der Waals surface area contributed by atoms with E-state index in [0.717, 1.165) is 24.7 Å². The van der Waals surface area contributed by atoms with Gasteiger partial charge in [0, 0.05) is 17.9 Å². The SMILES string of the molecule is CC(=O)O[C@H]1CC[C@H]2[C@@H]3CC=C4C=C(C#CC5C=CC=C5)CC[C@]4(C)[C@H]3CC[C@]12C. The summed E-state index contributed by atoms with van der Waals surface area (Å²) in [6.45, 7) is 6.48. The van der Waals surface area contributed by atoms with Crippen LogP contribution in [0, 0.1) is 46.3 Å². The van der Waals surface area contributed by atoms with Crippen LogP contribution in [-0.2, 0) is 9.53 Å². The molecule has 0 bridgehead atoms. The fourth-order valence-electron chi connectivity index (χ4n) is 7.47. The van der Waals surface area contributed by atoms with Crippen molar-refractivity contribution < 1.29 is 9.53 Å². The number of carbonyl (C=O) groups is 1. The van der Waals surface area contributed by atoms with E-state index in [0.29, 0.717) is 5.92 Å². The highest BCUT2D eigenvalue weighted by atomic mass is 16.5. The van der Waals surface area contributed by atoms with Gasteiger partial charge < -0.3 is 4.74 Å². The predicted octanol–water partition coefficient (Wildman–Crippen LogP) is 6.16. The molecule has 158 valence electrons. The lowest BCUT2D eigenvalue weighted by atomic mass is 9.48. The molecule has 0 aliphatic heterocycles. The van der Waals surface area contributed by atoms with Crippen molar-refractivity contribution in [1.29, 1.82) is 0 Å². The first kappa shape index (κ1) is 19.9. The van der Waals surface area contributed by atoms with E-state index in [1.165, 1.54) is 43.3 Å². The van der Waals surface area contributed by atoms with Gasteiger partial charge >= 0.3 is 5.97 Å². The highest BCUT2D eigenvalue weighted by Crippen LogP contribution is 2.64. The Kier molecular flexibility index (Phi) is 4.85. The van der Waals surface area contributed by atoms with Crippen LogP contribution in [0.5, 0.6) is 0 Å². The molecule has 5 rings (SSSR count). The van der Waals surface area contributed by atoms with Crippen molar-refractivity contribution in [3.05, 3.63) is 47.6 Å². The normalized spacial score (nSPS) is 41.7. The lowest BCUT2D eigenvalue weighted by molar-refractivity contribution is -0.156. The number of fused-ring (bicyclic) bond motifs is 5. The van der Waals surface area contributed by atoms with E-state index in [2.05, 4.69) is 62.1 Å². The molecule has 0 aromatic heterocycles. The fourth-order valence-corrected chi connectivity index (χ4v) is 7.47. The Balaban J connectivity index is 1.39. The molecule has 2 fully saturated rings. The molecule has 0 saturated heterocycles. The van der Waals surface area contributed by atoms with Crippen molar-refractivity contribution in [1.82, 2.24) is 0 Å². The molecule has 0 unspecified atom stereocenters. The van der Waals surface area contributed by atoms with Crippen LogP contribution in [0.25, 0.3) is 0 Å². The summed E-state index contributed by atoms with van der Waals surface area (Å²) in [5, 5.41) is 0. The molecular weight excluding hydrogens is 368 g/mol. The van der Waals surface area contributed by atoms with Crippen LogP contribution >= 0.6 is 0 Å². The Morgan fingerprint density at radius 2 is 1.90 bits per heavy atom. The summed E-state index contributed by atoms with van der Waals surface area (Å²) in [6, 6.07) is 0. The number of hydrogen-bond donors (Lipinski definition) is 0. The molecule has 2 saturated carbocycles. The molecule has 5 aliphatic rings. The summed E-state index contributed by atoms with van der Waals surface area (Å²) in [5.41, 5.74) is 3.29. The second-order valence-electron chi connectivity index (χ2n) is 10.6. The van der Waals surface area contributed by atoms with Gasteiger partial charge in [0.1, 0.15) is 6.10 Å². The van der Waals surface area contributed by atoms with Crippen molar-refractivity contribution in [3.63, 3.8) is 0 Å². The second-order valence-corrected chi connectivity index (χ2v) is 10.6. The monoisotopic (exact) mass is 402 g/mol. The van der Waals surface area contributed by atoms with Crippen LogP contribution in [0.3, 0.4) is 0 Å². The van der Waals surface area contributed by atoms with Gasteiger partial charge in [-0.05, 0) is 79.8 Å². The maximum Gasteiger partial charge on any atom is 0.302 e. The molecule has 30 heavy (non-hydrogen) atoms. The molecule has 0 aromatic carbocycles. The lowest BCUT2D eigenvalue weighted by Gasteiger charge is -2.56. The van der Waals surface area contributed by atoms with Crippen molar-refractivity contribution in [2.75, 3.05) is 0 Å². The Bertz CT molecular complexity index is 910. The Labute approximate surface area is 181 Å². The zero-order valence-corrected chi connectivity index (χ0v) is 18.6.